The number of amides is 2. The van der Waals surface area contributed by atoms with Crippen LogP contribution in [0.5, 0.6) is 5.75 Å². The average molecular weight is 298 g/mol. The first-order valence-corrected chi connectivity index (χ1v) is 7.42. The van der Waals surface area contributed by atoms with Crippen LogP contribution >= 0.6 is 0 Å². The molecule has 0 aliphatic rings. The SMILES string of the molecule is CCOc1ccc(NC(=O)NCc2cccc(C)c2)c(C)c1. The molecule has 0 heterocycles. The molecular weight excluding hydrogens is 276 g/mol. The van der Waals surface area contributed by atoms with Crippen LogP contribution in [0.1, 0.15) is 23.6 Å². The van der Waals surface area contributed by atoms with Gasteiger partial charge in [0.15, 0.2) is 0 Å². The number of hydrogen-bond acceptors (Lipinski definition) is 2. The molecular formula is C18H22N2O2. The van der Waals surface area contributed by atoms with Crippen molar-refractivity contribution in [3.05, 3.63) is 59.2 Å². The molecule has 0 spiro atoms. The first-order valence-electron chi connectivity index (χ1n) is 7.42. The zero-order valence-corrected chi connectivity index (χ0v) is 13.3. The van der Waals surface area contributed by atoms with Crippen LogP contribution in [0.2, 0.25) is 0 Å². The molecule has 22 heavy (non-hydrogen) atoms. The molecule has 0 saturated carbocycles. The number of urea groups is 1. The van der Waals surface area contributed by atoms with E-state index in [0.29, 0.717) is 13.2 Å². The number of benzene rings is 2. The zero-order chi connectivity index (χ0) is 15.9. The van der Waals surface area contributed by atoms with Crippen molar-refractivity contribution in [2.24, 2.45) is 0 Å². The second-order valence-corrected chi connectivity index (χ2v) is 5.21. The predicted octanol–water partition coefficient (Wildman–Crippen LogP) is 4.02. The van der Waals surface area contributed by atoms with Crippen molar-refractivity contribution in [3.63, 3.8) is 0 Å². The van der Waals surface area contributed by atoms with E-state index in [1.54, 1.807) is 0 Å². The molecule has 0 aliphatic heterocycles. The molecule has 116 valence electrons. The van der Waals surface area contributed by atoms with Crippen molar-refractivity contribution in [1.82, 2.24) is 5.32 Å². The number of carbonyl (C=O) groups excluding carboxylic acids is 1. The molecule has 2 N–H and O–H groups in total. The van der Waals surface area contributed by atoms with Crippen LogP contribution < -0.4 is 15.4 Å². The molecule has 0 aliphatic carbocycles. The Morgan fingerprint density at radius 3 is 2.64 bits per heavy atom. The largest absolute Gasteiger partial charge is 0.494 e. The third kappa shape index (κ3) is 4.52. The Kier molecular flexibility index (Phi) is 5.42. The first-order chi connectivity index (χ1) is 10.6. The number of nitrogens with one attached hydrogen (secondary N) is 2. The molecule has 0 fully saturated rings. The molecule has 4 nitrogen and oxygen atoms in total. The molecule has 4 heteroatoms. The number of aryl methyl sites for hydroxylation is 2. The minimum absolute atomic E-state index is 0.214. The maximum Gasteiger partial charge on any atom is 0.319 e. The monoisotopic (exact) mass is 298 g/mol. The van der Waals surface area contributed by atoms with E-state index >= 15 is 0 Å². The lowest BCUT2D eigenvalue weighted by molar-refractivity contribution is 0.251. The summed E-state index contributed by atoms with van der Waals surface area (Å²) in [7, 11) is 0. The summed E-state index contributed by atoms with van der Waals surface area (Å²) in [6.45, 7) is 7.05. The van der Waals surface area contributed by atoms with Gasteiger partial charge in [0.1, 0.15) is 5.75 Å². The number of carbonyl (C=O) groups is 1. The van der Waals surface area contributed by atoms with E-state index < -0.39 is 0 Å². The predicted molar refractivity (Wildman–Crippen MR) is 89.4 cm³/mol. The summed E-state index contributed by atoms with van der Waals surface area (Å²) in [5.74, 6) is 0.811. The molecule has 2 amide bonds. The Bertz CT molecular complexity index is 653. The van der Waals surface area contributed by atoms with Crippen molar-refractivity contribution < 1.29 is 9.53 Å². The highest BCUT2D eigenvalue weighted by atomic mass is 16.5. The quantitative estimate of drug-likeness (QED) is 0.875. The highest BCUT2D eigenvalue weighted by molar-refractivity contribution is 5.90. The fourth-order valence-electron chi connectivity index (χ4n) is 2.20. The van der Waals surface area contributed by atoms with Crippen molar-refractivity contribution in [3.8, 4) is 5.75 Å². The molecule has 2 aromatic rings. The van der Waals surface area contributed by atoms with Crippen molar-refractivity contribution in [2.45, 2.75) is 27.3 Å². The van der Waals surface area contributed by atoms with Crippen LogP contribution in [0.25, 0.3) is 0 Å². The van der Waals surface area contributed by atoms with Gasteiger partial charge in [0.05, 0.1) is 6.61 Å². The molecule has 0 aromatic heterocycles. The van der Waals surface area contributed by atoms with E-state index in [-0.39, 0.29) is 6.03 Å². The highest BCUT2D eigenvalue weighted by Gasteiger charge is 2.05. The summed E-state index contributed by atoms with van der Waals surface area (Å²) in [6.07, 6.45) is 0. The third-order valence-corrected chi connectivity index (χ3v) is 3.29. The summed E-state index contributed by atoms with van der Waals surface area (Å²) in [5, 5.41) is 5.72. The smallest absolute Gasteiger partial charge is 0.319 e. The van der Waals surface area contributed by atoms with Crippen molar-refractivity contribution >= 4 is 11.7 Å². The van der Waals surface area contributed by atoms with Gasteiger partial charge in [0.2, 0.25) is 0 Å². The molecule has 2 aromatic carbocycles. The Labute approximate surface area is 131 Å². The Balaban J connectivity index is 1.91. The van der Waals surface area contributed by atoms with Gasteiger partial charge < -0.3 is 15.4 Å². The van der Waals surface area contributed by atoms with Crippen molar-refractivity contribution in [2.75, 3.05) is 11.9 Å². The minimum atomic E-state index is -0.214. The molecule has 2 rings (SSSR count). The minimum Gasteiger partial charge on any atom is -0.494 e. The lowest BCUT2D eigenvalue weighted by atomic mass is 10.1. The standard InChI is InChI=1S/C18H22N2O2/c1-4-22-16-8-9-17(14(3)11-16)20-18(21)19-12-15-7-5-6-13(2)10-15/h5-11H,4,12H2,1-3H3,(H2,19,20,21). The van der Waals surface area contributed by atoms with E-state index in [4.69, 9.17) is 4.74 Å². The van der Waals surface area contributed by atoms with Gasteiger partial charge in [-0.25, -0.2) is 4.79 Å². The molecule has 0 radical (unpaired) electrons. The Hall–Kier alpha value is -2.49. The summed E-state index contributed by atoms with van der Waals surface area (Å²) in [6, 6.07) is 13.5. The van der Waals surface area contributed by atoms with Gasteiger partial charge in [-0.1, -0.05) is 29.8 Å². The Morgan fingerprint density at radius 2 is 1.95 bits per heavy atom. The summed E-state index contributed by atoms with van der Waals surface area (Å²) < 4.78 is 5.43. The van der Waals surface area contributed by atoms with E-state index in [9.17, 15) is 4.79 Å². The molecule has 0 atom stereocenters. The fraction of sp³-hybridized carbons (Fsp3) is 0.278. The second-order valence-electron chi connectivity index (χ2n) is 5.21. The lowest BCUT2D eigenvalue weighted by Crippen LogP contribution is -2.28. The van der Waals surface area contributed by atoms with Crippen molar-refractivity contribution in [1.29, 1.82) is 0 Å². The van der Waals surface area contributed by atoms with E-state index in [0.717, 1.165) is 22.6 Å². The van der Waals surface area contributed by atoms with Gasteiger partial charge in [-0.15, -0.1) is 0 Å². The molecule has 0 unspecified atom stereocenters. The molecule has 0 bridgehead atoms. The van der Waals surface area contributed by atoms with Gasteiger partial charge in [-0.2, -0.15) is 0 Å². The lowest BCUT2D eigenvalue weighted by Gasteiger charge is -2.12. The van der Waals surface area contributed by atoms with Crippen LogP contribution in [-0.4, -0.2) is 12.6 Å². The number of anilines is 1. The van der Waals surface area contributed by atoms with Gasteiger partial charge in [-0.3, -0.25) is 0 Å². The van der Waals surface area contributed by atoms with E-state index in [1.807, 2.05) is 57.2 Å². The maximum absolute atomic E-state index is 12.0. The first kappa shape index (κ1) is 15.9. The topological polar surface area (TPSA) is 50.4 Å². The highest BCUT2D eigenvalue weighted by Crippen LogP contribution is 2.21. The molecule has 0 saturated heterocycles. The zero-order valence-electron chi connectivity index (χ0n) is 13.3. The van der Waals surface area contributed by atoms with Gasteiger partial charge in [0, 0.05) is 12.2 Å². The normalized spacial score (nSPS) is 10.1. The maximum atomic E-state index is 12.0. The van der Waals surface area contributed by atoms with Crippen LogP contribution in [0, 0.1) is 13.8 Å². The average Bonchev–Trinajstić information content (AvgIpc) is 2.48. The van der Waals surface area contributed by atoms with Gasteiger partial charge in [-0.05, 0) is 50.1 Å². The van der Waals surface area contributed by atoms with Crippen LogP contribution in [0.15, 0.2) is 42.5 Å². The number of ether oxygens (including phenoxy) is 1. The van der Waals surface area contributed by atoms with Crippen LogP contribution in [0.3, 0.4) is 0 Å². The fourth-order valence-corrected chi connectivity index (χ4v) is 2.20. The summed E-state index contributed by atoms with van der Waals surface area (Å²) in [5.41, 5.74) is 4.02. The van der Waals surface area contributed by atoms with E-state index in [2.05, 4.69) is 16.7 Å². The van der Waals surface area contributed by atoms with Crippen LogP contribution in [0.4, 0.5) is 10.5 Å². The number of rotatable bonds is 5. The third-order valence-electron chi connectivity index (χ3n) is 3.29. The van der Waals surface area contributed by atoms with E-state index in [1.165, 1.54) is 5.56 Å². The summed E-state index contributed by atoms with van der Waals surface area (Å²) in [4.78, 5) is 12.0. The summed E-state index contributed by atoms with van der Waals surface area (Å²) >= 11 is 0. The second kappa shape index (κ2) is 7.50. The van der Waals surface area contributed by atoms with Gasteiger partial charge in [0.25, 0.3) is 0 Å². The van der Waals surface area contributed by atoms with Gasteiger partial charge >= 0.3 is 6.03 Å². The van der Waals surface area contributed by atoms with Crippen LogP contribution in [-0.2, 0) is 6.54 Å². The Morgan fingerprint density at radius 1 is 1.14 bits per heavy atom. The number of hydrogen-bond donors (Lipinski definition) is 2.